The maximum atomic E-state index is 5.87. The lowest BCUT2D eigenvalue weighted by Gasteiger charge is -2.07. The fourth-order valence-corrected chi connectivity index (χ4v) is 2.36. The summed E-state index contributed by atoms with van der Waals surface area (Å²) in [7, 11) is 0. The number of rotatable bonds is 3. The van der Waals surface area contributed by atoms with Crippen molar-refractivity contribution in [3.8, 4) is 0 Å². The van der Waals surface area contributed by atoms with Gasteiger partial charge in [-0.1, -0.05) is 63.9 Å². The van der Waals surface area contributed by atoms with Gasteiger partial charge in [-0.05, 0) is 35.2 Å². The van der Waals surface area contributed by atoms with Crippen LogP contribution in [0, 0.1) is 0 Å². The number of hydrogen-bond donors (Lipinski definition) is 0. The first-order valence-electron chi connectivity index (χ1n) is 5.17. The molecule has 0 heterocycles. The molecule has 0 amide bonds. The summed E-state index contributed by atoms with van der Waals surface area (Å²) in [5.74, 6) is 0. The minimum Gasteiger partial charge on any atom is -0.0876 e. The van der Waals surface area contributed by atoms with Gasteiger partial charge in [-0.2, -0.15) is 0 Å². The highest BCUT2D eigenvalue weighted by atomic mass is 79.9. The first kappa shape index (κ1) is 11.7. The van der Waals surface area contributed by atoms with E-state index in [2.05, 4.69) is 52.3 Å². The molecule has 2 rings (SSSR count). The van der Waals surface area contributed by atoms with Crippen LogP contribution in [0.5, 0.6) is 0 Å². The van der Waals surface area contributed by atoms with Crippen molar-refractivity contribution >= 4 is 27.5 Å². The average Bonchev–Trinajstić information content (AvgIpc) is 2.33. The number of halogens is 2. The van der Waals surface area contributed by atoms with Crippen molar-refractivity contribution in [2.45, 2.75) is 11.8 Å². The summed E-state index contributed by atoms with van der Waals surface area (Å²) in [6.45, 7) is 0. The molecule has 0 aromatic heterocycles. The van der Waals surface area contributed by atoms with Crippen LogP contribution in [0.3, 0.4) is 0 Å². The third kappa shape index (κ3) is 2.87. The molecule has 0 saturated carbocycles. The molecular weight excluding hydrogens is 284 g/mol. The van der Waals surface area contributed by atoms with Crippen LogP contribution in [0.4, 0.5) is 0 Å². The highest BCUT2D eigenvalue weighted by Gasteiger charge is 2.01. The number of hydrogen-bond acceptors (Lipinski definition) is 0. The molecule has 0 atom stereocenters. The van der Waals surface area contributed by atoms with Crippen LogP contribution in [0.25, 0.3) is 0 Å². The molecule has 0 nitrogen and oxygen atoms in total. The summed E-state index contributed by atoms with van der Waals surface area (Å²) in [6.07, 6.45) is 0.957. The second kappa shape index (κ2) is 5.51. The molecule has 0 aliphatic heterocycles. The zero-order valence-electron chi connectivity index (χ0n) is 8.79. The maximum Gasteiger partial charge on any atom is 0.0406 e. The van der Waals surface area contributed by atoms with Gasteiger partial charge in [-0.25, -0.2) is 0 Å². The molecule has 0 radical (unpaired) electrons. The zero-order chi connectivity index (χ0) is 11.4. The predicted molar refractivity (Wildman–Crippen MR) is 73.3 cm³/mol. The van der Waals surface area contributed by atoms with Crippen LogP contribution in [-0.2, 0) is 11.8 Å². The lowest BCUT2D eigenvalue weighted by Crippen LogP contribution is -1.92. The fraction of sp³-hybridized carbons (Fsp3) is 0.143. The average molecular weight is 296 g/mol. The van der Waals surface area contributed by atoms with Crippen LogP contribution in [0.15, 0.2) is 48.5 Å². The van der Waals surface area contributed by atoms with Gasteiger partial charge in [0.1, 0.15) is 0 Å². The predicted octanol–water partition coefficient (Wildman–Crippen LogP) is 4.83. The van der Waals surface area contributed by atoms with E-state index in [1.807, 2.05) is 12.1 Å². The Hall–Kier alpha value is -0.790. The van der Waals surface area contributed by atoms with Gasteiger partial charge in [-0.15, -0.1) is 0 Å². The Morgan fingerprint density at radius 1 is 0.875 bits per heavy atom. The van der Waals surface area contributed by atoms with Gasteiger partial charge in [0.2, 0.25) is 0 Å². The second-order valence-corrected chi connectivity index (χ2v) is 4.70. The summed E-state index contributed by atoms with van der Waals surface area (Å²) >= 11 is 9.38. The lowest BCUT2D eigenvalue weighted by atomic mass is 10.0. The highest BCUT2D eigenvalue weighted by Crippen LogP contribution is 2.18. The van der Waals surface area contributed by atoms with Gasteiger partial charge >= 0.3 is 0 Å². The summed E-state index contributed by atoms with van der Waals surface area (Å²) in [4.78, 5) is 0. The Labute approximate surface area is 109 Å². The molecule has 0 saturated heterocycles. The Morgan fingerprint density at radius 3 is 2.12 bits per heavy atom. The van der Waals surface area contributed by atoms with Gasteiger partial charge in [-0.3, -0.25) is 0 Å². The monoisotopic (exact) mass is 294 g/mol. The third-order valence-electron chi connectivity index (χ3n) is 2.57. The van der Waals surface area contributed by atoms with E-state index in [9.17, 15) is 0 Å². The van der Waals surface area contributed by atoms with E-state index in [0.717, 1.165) is 16.8 Å². The van der Waals surface area contributed by atoms with Crippen LogP contribution in [0.2, 0.25) is 5.02 Å². The molecular formula is C14H12BrCl. The van der Waals surface area contributed by atoms with Crippen molar-refractivity contribution < 1.29 is 0 Å². The Balaban J connectivity index is 2.23. The van der Waals surface area contributed by atoms with E-state index in [4.69, 9.17) is 11.6 Å². The lowest BCUT2D eigenvalue weighted by molar-refractivity contribution is 1.15. The summed E-state index contributed by atoms with van der Waals surface area (Å²) in [6, 6.07) is 16.5. The van der Waals surface area contributed by atoms with E-state index in [0.29, 0.717) is 0 Å². The smallest absolute Gasteiger partial charge is 0.0406 e. The van der Waals surface area contributed by atoms with Gasteiger partial charge in [0, 0.05) is 10.4 Å². The van der Waals surface area contributed by atoms with Gasteiger partial charge < -0.3 is 0 Å². The Morgan fingerprint density at radius 2 is 1.50 bits per heavy atom. The molecule has 2 aromatic carbocycles. The minimum absolute atomic E-state index is 0.789. The molecule has 0 spiro atoms. The van der Waals surface area contributed by atoms with E-state index < -0.39 is 0 Å². The summed E-state index contributed by atoms with van der Waals surface area (Å²) in [5, 5.41) is 1.69. The second-order valence-electron chi connectivity index (χ2n) is 3.71. The molecule has 2 heteroatoms. The number of benzene rings is 2. The molecule has 0 unspecified atom stereocenters. The molecule has 82 valence electrons. The van der Waals surface area contributed by atoms with Crippen LogP contribution >= 0.6 is 27.5 Å². The molecule has 0 N–H and O–H groups in total. The van der Waals surface area contributed by atoms with Crippen molar-refractivity contribution in [3.63, 3.8) is 0 Å². The highest BCUT2D eigenvalue weighted by molar-refractivity contribution is 9.08. The van der Waals surface area contributed by atoms with E-state index >= 15 is 0 Å². The van der Waals surface area contributed by atoms with Gasteiger partial charge in [0.25, 0.3) is 0 Å². The van der Waals surface area contributed by atoms with Crippen molar-refractivity contribution in [2.75, 3.05) is 0 Å². The van der Waals surface area contributed by atoms with Crippen molar-refractivity contribution in [2.24, 2.45) is 0 Å². The van der Waals surface area contributed by atoms with Crippen molar-refractivity contribution in [3.05, 3.63) is 70.2 Å². The molecule has 0 bridgehead atoms. The topological polar surface area (TPSA) is 0 Å². The SMILES string of the molecule is Clc1ccc(Cc2ccccc2CBr)cc1. The molecule has 0 aliphatic carbocycles. The van der Waals surface area contributed by atoms with Gasteiger partial charge in [0.15, 0.2) is 0 Å². The van der Waals surface area contributed by atoms with Crippen LogP contribution in [-0.4, -0.2) is 0 Å². The summed E-state index contributed by atoms with van der Waals surface area (Å²) < 4.78 is 0. The van der Waals surface area contributed by atoms with E-state index in [-0.39, 0.29) is 0 Å². The maximum absolute atomic E-state index is 5.87. The molecule has 0 fully saturated rings. The standard InChI is InChI=1S/C14H12BrCl/c15-10-13-4-2-1-3-12(13)9-11-5-7-14(16)8-6-11/h1-8H,9-10H2. The largest absolute Gasteiger partial charge is 0.0876 e. The van der Waals surface area contributed by atoms with Crippen LogP contribution in [0.1, 0.15) is 16.7 Å². The zero-order valence-corrected chi connectivity index (χ0v) is 11.1. The first-order chi connectivity index (χ1) is 7.79. The Kier molecular flexibility index (Phi) is 4.03. The number of alkyl halides is 1. The summed E-state index contributed by atoms with van der Waals surface area (Å²) in [5.41, 5.74) is 4.00. The molecule has 2 aromatic rings. The van der Waals surface area contributed by atoms with Crippen molar-refractivity contribution in [1.29, 1.82) is 0 Å². The van der Waals surface area contributed by atoms with E-state index in [1.165, 1.54) is 16.7 Å². The van der Waals surface area contributed by atoms with Crippen molar-refractivity contribution in [1.82, 2.24) is 0 Å². The minimum atomic E-state index is 0.789. The quantitative estimate of drug-likeness (QED) is 0.712. The molecule has 0 aliphatic rings. The third-order valence-corrected chi connectivity index (χ3v) is 3.43. The van der Waals surface area contributed by atoms with Crippen LogP contribution < -0.4 is 0 Å². The Bertz CT molecular complexity index is 462. The first-order valence-corrected chi connectivity index (χ1v) is 6.67. The normalized spacial score (nSPS) is 10.4. The van der Waals surface area contributed by atoms with E-state index in [1.54, 1.807) is 0 Å². The molecule has 16 heavy (non-hydrogen) atoms. The van der Waals surface area contributed by atoms with Gasteiger partial charge in [0.05, 0.1) is 0 Å². The fourth-order valence-electron chi connectivity index (χ4n) is 1.68.